The van der Waals surface area contributed by atoms with Gasteiger partial charge in [0.15, 0.2) is 5.78 Å². The second kappa shape index (κ2) is 12.0. The summed E-state index contributed by atoms with van der Waals surface area (Å²) in [5.74, 6) is -0.354. The van der Waals surface area contributed by atoms with E-state index >= 15 is 0 Å². The summed E-state index contributed by atoms with van der Waals surface area (Å²) in [6.07, 6.45) is 1.73. The maximum Gasteiger partial charge on any atom is 0.408 e. The van der Waals surface area contributed by atoms with Crippen molar-refractivity contribution in [3.8, 4) is 0 Å². The third kappa shape index (κ3) is 7.54. The zero-order valence-electron chi connectivity index (χ0n) is 19.6. The van der Waals surface area contributed by atoms with Crippen LogP contribution in [-0.4, -0.2) is 29.9 Å². The Kier molecular flexibility index (Phi) is 8.28. The minimum Gasteiger partial charge on any atom is -0.445 e. The summed E-state index contributed by atoms with van der Waals surface area (Å²) in [4.78, 5) is 38.9. The number of ether oxygens (including phenoxy) is 1. The predicted octanol–water partition coefficient (Wildman–Crippen LogP) is 4.23. The Morgan fingerprint density at radius 3 is 1.69 bits per heavy atom. The van der Waals surface area contributed by atoms with E-state index in [4.69, 9.17) is 4.74 Å². The number of carbonyl (C=O) groups is 3. The molecule has 2 amide bonds. The molecular formula is C29H30N2O4. The summed E-state index contributed by atoms with van der Waals surface area (Å²) >= 11 is 0. The molecule has 2 atom stereocenters. The van der Waals surface area contributed by atoms with Gasteiger partial charge in [0.2, 0.25) is 5.91 Å². The lowest BCUT2D eigenvalue weighted by Crippen LogP contribution is -2.53. The lowest BCUT2D eigenvalue weighted by atomic mass is 9.98. The quantitative estimate of drug-likeness (QED) is 0.439. The summed E-state index contributed by atoms with van der Waals surface area (Å²) in [7, 11) is 0. The first kappa shape index (κ1) is 24.2. The fourth-order valence-corrected chi connectivity index (χ4v) is 3.96. The molecule has 0 spiro atoms. The molecule has 1 aliphatic carbocycles. The Bertz CT molecular complexity index is 1120. The van der Waals surface area contributed by atoms with Crippen molar-refractivity contribution in [3.63, 3.8) is 0 Å². The van der Waals surface area contributed by atoms with Gasteiger partial charge in [-0.2, -0.15) is 0 Å². The van der Waals surface area contributed by atoms with Crippen LogP contribution in [0.2, 0.25) is 0 Å². The van der Waals surface area contributed by atoms with Gasteiger partial charge in [-0.3, -0.25) is 9.59 Å². The zero-order valence-corrected chi connectivity index (χ0v) is 19.6. The predicted molar refractivity (Wildman–Crippen MR) is 134 cm³/mol. The average molecular weight is 471 g/mol. The summed E-state index contributed by atoms with van der Waals surface area (Å²) in [6.45, 7) is 0.100. The molecule has 0 heterocycles. The number of hydrogen-bond acceptors (Lipinski definition) is 4. The normalized spacial score (nSPS) is 14.4. The maximum absolute atomic E-state index is 13.4. The lowest BCUT2D eigenvalue weighted by Gasteiger charge is -2.23. The molecule has 3 aromatic rings. The standard InChI is InChI=1S/C29H30N2O4/c32-27(24-16-17-24)25(18-21-10-4-1-5-11-21)30-28(33)26(19-22-12-6-2-7-13-22)31-29(34)35-20-23-14-8-3-9-15-23/h1-15,24-26H,16-20H2,(H,30,33)(H,31,34). The fraction of sp³-hybridized carbons (Fsp3) is 0.276. The zero-order chi connectivity index (χ0) is 24.5. The van der Waals surface area contributed by atoms with E-state index in [9.17, 15) is 14.4 Å². The molecule has 3 aromatic carbocycles. The highest BCUT2D eigenvalue weighted by molar-refractivity contribution is 5.94. The number of hydrogen-bond donors (Lipinski definition) is 2. The second-order valence-electron chi connectivity index (χ2n) is 8.88. The number of rotatable bonds is 11. The summed E-state index contributed by atoms with van der Waals surface area (Å²) in [6, 6.07) is 26.9. The van der Waals surface area contributed by atoms with Crippen LogP contribution >= 0.6 is 0 Å². The molecule has 0 aromatic heterocycles. The molecule has 0 saturated heterocycles. The summed E-state index contributed by atoms with van der Waals surface area (Å²) < 4.78 is 5.35. The number of nitrogens with one attached hydrogen (secondary N) is 2. The first-order valence-corrected chi connectivity index (χ1v) is 12.0. The molecule has 35 heavy (non-hydrogen) atoms. The van der Waals surface area contributed by atoms with Gasteiger partial charge in [-0.15, -0.1) is 0 Å². The van der Waals surface area contributed by atoms with E-state index in [1.54, 1.807) is 0 Å². The van der Waals surface area contributed by atoms with E-state index in [2.05, 4.69) is 10.6 Å². The largest absolute Gasteiger partial charge is 0.445 e. The topological polar surface area (TPSA) is 84.5 Å². The SMILES string of the molecule is O=C(NC(Cc1ccccc1)C(=O)NC(Cc1ccccc1)C(=O)C1CC1)OCc1ccccc1. The molecule has 180 valence electrons. The van der Waals surface area contributed by atoms with Crippen LogP contribution in [0.1, 0.15) is 29.5 Å². The molecule has 0 radical (unpaired) electrons. The fourth-order valence-electron chi connectivity index (χ4n) is 3.96. The van der Waals surface area contributed by atoms with Crippen LogP contribution in [0.25, 0.3) is 0 Å². The minimum absolute atomic E-state index is 0.000354. The van der Waals surface area contributed by atoms with E-state index in [0.717, 1.165) is 29.5 Å². The van der Waals surface area contributed by atoms with Gasteiger partial charge in [-0.1, -0.05) is 91.0 Å². The van der Waals surface area contributed by atoms with E-state index in [1.165, 1.54) is 0 Å². The Labute approximate surface area is 205 Å². The van der Waals surface area contributed by atoms with Crippen molar-refractivity contribution in [3.05, 3.63) is 108 Å². The number of ketones is 1. The minimum atomic E-state index is -0.883. The Morgan fingerprint density at radius 2 is 1.17 bits per heavy atom. The number of amides is 2. The monoisotopic (exact) mass is 470 g/mol. The van der Waals surface area contributed by atoms with E-state index in [-0.39, 0.29) is 24.7 Å². The smallest absolute Gasteiger partial charge is 0.408 e. The molecule has 2 unspecified atom stereocenters. The Hall–Kier alpha value is -3.93. The van der Waals surface area contributed by atoms with Crippen LogP contribution < -0.4 is 10.6 Å². The second-order valence-corrected chi connectivity index (χ2v) is 8.88. The van der Waals surface area contributed by atoms with Gasteiger partial charge >= 0.3 is 6.09 Å². The average Bonchev–Trinajstić information content (AvgIpc) is 3.74. The van der Waals surface area contributed by atoms with Crippen molar-refractivity contribution in [1.82, 2.24) is 10.6 Å². The van der Waals surface area contributed by atoms with Gasteiger partial charge in [0, 0.05) is 12.3 Å². The van der Waals surface area contributed by atoms with Crippen LogP contribution in [-0.2, 0) is 33.8 Å². The van der Waals surface area contributed by atoms with E-state index in [0.29, 0.717) is 6.42 Å². The molecule has 0 bridgehead atoms. The lowest BCUT2D eigenvalue weighted by molar-refractivity contribution is -0.129. The number of Topliss-reactive ketones (excluding diaryl/α,β-unsaturated/α-hetero) is 1. The maximum atomic E-state index is 13.4. The molecule has 1 saturated carbocycles. The van der Waals surface area contributed by atoms with E-state index in [1.807, 2.05) is 91.0 Å². The molecule has 0 aliphatic heterocycles. The Balaban J connectivity index is 1.45. The first-order valence-electron chi connectivity index (χ1n) is 12.0. The molecule has 2 N–H and O–H groups in total. The number of alkyl carbamates (subject to hydrolysis) is 1. The van der Waals surface area contributed by atoms with Crippen molar-refractivity contribution in [2.24, 2.45) is 5.92 Å². The summed E-state index contributed by atoms with van der Waals surface area (Å²) in [5.41, 5.74) is 2.72. The number of benzene rings is 3. The van der Waals surface area contributed by atoms with E-state index < -0.39 is 24.1 Å². The highest BCUT2D eigenvalue weighted by atomic mass is 16.5. The molecular weight excluding hydrogens is 440 g/mol. The van der Waals surface area contributed by atoms with Gasteiger partial charge in [-0.25, -0.2) is 4.79 Å². The summed E-state index contributed by atoms with van der Waals surface area (Å²) in [5, 5.41) is 5.63. The van der Waals surface area contributed by atoms with Crippen LogP contribution in [0.4, 0.5) is 4.79 Å². The van der Waals surface area contributed by atoms with Crippen LogP contribution in [0.15, 0.2) is 91.0 Å². The van der Waals surface area contributed by atoms with Crippen LogP contribution in [0.5, 0.6) is 0 Å². The van der Waals surface area contributed by atoms with Gasteiger partial charge in [-0.05, 0) is 36.0 Å². The third-order valence-electron chi connectivity index (χ3n) is 6.03. The van der Waals surface area contributed by atoms with Gasteiger partial charge in [0.25, 0.3) is 0 Å². The highest BCUT2D eigenvalue weighted by Crippen LogP contribution is 2.31. The third-order valence-corrected chi connectivity index (χ3v) is 6.03. The first-order chi connectivity index (χ1) is 17.1. The van der Waals surface area contributed by atoms with Crippen molar-refractivity contribution < 1.29 is 19.1 Å². The Morgan fingerprint density at radius 1 is 0.686 bits per heavy atom. The van der Waals surface area contributed by atoms with Crippen LogP contribution in [0.3, 0.4) is 0 Å². The molecule has 6 nitrogen and oxygen atoms in total. The van der Waals surface area contributed by atoms with Gasteiger partial charge in [0.1, 0.15) is 12.6 Å². The van der Waals surface area contributed by atoms with Crippen molar-refractivity contribution in [2.45, 2.75) is 44.4 Å². The molecule has 1 aliphatic rings. The molecule has 4 rings (SSSR count). The van der Waals surface area contributed by atoms with Crippen molar-refractivity contribution >= 4 is 17.8 Å². The van der Waals surface area contributed by atoms with Crippen molar-refractivity contribution in [1.29, 1.82) is 0 Å². The van der Waals surface area contributed by atoms with Crippen LogP contribution in [0, 0.1) is 5.92 Å². The van der Waals surface area contributed by atoms with Gasteiger partial charge in [0.05, 0.1) is 6.04 Å². The molecule has 6 heteroatoms. The molecule has 1 fully saturated rings. The van der Waals surface area contributed by atoms with Crippen molar-refractivity contribution in [2.75, 3.05) is 0 Å². The van der Waals surface area contributed by atoms with Gasteiger partial charge < -0.3 is 15.4 Å². The number of carbonyl (C=O) groups excluding carboxylic acids is 3. The highest BCUT2D eigenvalue weighted by Gasteiger charge is 2.36.